The molecule has 0 unspecified atom stereocenters. The summed E-state index contributed by atoms with van der Waals surface area (Å²) >= 11 is 0. The summed E-state index contributed by atoms with van der Waals surface area (Å²) in [5.41, 5.74) is 0.793. The summed E-state index contributed by atoms with van der Waals surface area (Å²) < 4.78 is 0. The number of hydrogen-bond acceptors (Lipinski definition) is 3. The van der Waals surface area contributed by atoms with Crippen molar-refractivity contribution < 1.29 is 9.59 Å². The van der Waals surface area contributed by atoms with Gasteiger partial charge in [0.15, 0.2) is 0 Å². The van der Waals surface area contributed by atoms with Gasteiger partial charge in [-0.25, -0.2) is 0 Å². The molecule has 2 rings (SSSR count). The minimum Gasteiger partial charge on any atom is -0.342 e. The second-order valence-electron chi connectivity index (χ2n) is 5.81. The highest BCUT2D eigenvalue weighted by atomic mass is 16.2. The van der Waals surface area contributed by atoms with Crippen LogP contribution in [0, 0.1) is 0 Å². The quantitative estimate of drug-likeness (QED) is 0.850. The van der Waals surface area contributed by atoms with Crippen LogP contribution >= 0.6 is 0 Å². The van der Waals surface area contributed by atoms with Gasteiger partial charge in [-0.2, -0.15) is 0 Å². The van der Waals surface area contributed by atoms with Crippen molar-refractivity contribution in [2.45, 2.75) is 13.8 Å². The predicted molar refractivity (Wildman–Crippen MR) is 98.0 cm³/mol. The van der Waals surface area contributed by atoms with E-state index in [0.29, 0.717) is 13.1 Å². The van der Waals surface area contributed by atoms with Crippen LogP contribution in [0.25, 0.3) is 10.8 Å². The molecule has 0 radical (unpaired) electrons. The highest BCUT2D eigenvalue weighted by Gasteiger charge is 2.15. The molecular weight excluding hydrogens is 302 g/mol. The van der Waals surface area contributed by atoms with Gasteiger partial charge in [-0.1, -0.05) is 36.4 Å². The summed E-state index contributed by atoms with van der Waals surface area (Å²) in [6, 6.07) is 13.7. The van der Waals surface area contributed by atoms with Gasteiger partial charge in [-0.05, 0) is 32.3 Å². The van der Waals surface area contributed by atoms with Gasteiger partial charge in [-0.3, -0.25) is 14.5 Å². The Bertz CT molecular complexity index is 705. The van der Waals surface area contributed by atoms with Crippen molar-refractivity contribution in [3.05, 3.63) is 42.5 Å². The largest absolute Gasteiger partial charge is 0.342 e. The van der Waals surface area contributed by atoms with Crippen LogP contribution in [0.2, 0.25) is 0 Å². The van der Waals surface area contributed by atoms with Gasteiger partial charge in [0.25, 0.3) is 0 Å². The lowest BCUT2D eigenvalue weighted by molar-refractivity contribution is -0.132. The van der Waals surface area contributed by atoms with Crippen molar-refractivity contribution in [3.63, 3.8) is 0 Å². The predicted octanol–water partition coefficient (Wildman–Crippen LogP) is 2.58. The Morgan fingerprint density at radius 2 is 1.62 bits per heavy atom. The first-order valence-corrected chi connectivity index (χ1v) is 8.29. The standard InChI is InChI=1S/C19H25N3O2/c1-4-22(5-2)19(24)14-21(3)13-18(23)20-17-12-8-10-15-9-6-7-11-16(15)17/h6-12H,4-5,13-14H2,1-3H3,(H,20,23). The number of rotatable bonds is 7. The first kappa shape index (κ1) is 17.9. The molecule has 0 atom stereocenters. The highest BCUT2D eigenvalue weighted by molar-refractivity contribution is 6.02. The summed E-state index contributed by atoms with van der Waals surface area (Å²) in [5.74, 6) is -0.0818. The Morgan fingerprint density at radius 3 is 2.33 bits per heavy atom. The maximum Gasteiger partial charge on any atom is 0.238 e. The molecule has 2 aromatic rings. The van der Waals surface area contributed by atoms with Crippen LogP contribution in [0.15, 0.2) is 42.5 Å². The smallest absolute Gasteiger partial charge is 0.238 e. The molecule has 0 aliphatic rings. The molecule has 0 saturated heterocycles. The summed E-state index contributed by atoms with van der Waals surface area (Å²) in [4.78, 5) is 27.9. The van der Waals surface area contributed by atoms with E-state index in [4.69, 9.17) is 0 Å². The van der Waals surface area contributed by atoms with Gasteiger partial charge in [0.1, 0.15) is 0 Å². The molecular formula is C19H25N3O2. The van der Waals surface area contributed by atoms with Crippen molar-refractivity contribution in [3.8, 4) is 0 Å². The molecule has 2 aromatic carbocycles. The van der Waals surface area contributed by atoms with Gasteiger partial charge >= 0.3 is 0 Å². The van der Waals surface area contributed by atoms with Crippen molar-refractivity contribution in [2.24, 2.45) is 0 Å². The zero-order chi connectivity index (χ0) is 17.5. The van der Waals surface area contributed by atoms with E-state index in [-0.39, 0.29) is 24.9 Å². The number of benzene rings is 2. The molecule has 5 heteroatoms. The van der Waals surface area contributed by atoms with Crippen molar-refractivity contribution in [1.82, 2.24) is 9.80 Å². The molecule has 0 spiro atoms. The lowest BCUT2D eigenvalue weighted by Gasteiger charge is -2.22. The second kappa shape index (κ2) is 8.45. The van der Waals surface area contributed by atoms with Crippen LogP contribution in [-0.4, -0.2) is 54.8 Å². The van der Waals surface area contributed by atoms with E-state index in [1.807, 2.05) is 56.3 Å². The molecule has 0 saturated carbocycles. The van der Waals surface area contributed by atoms with E-state index in [9.17, 15) is 9.59 Å². The van der Waals surface area contributed by atoms with Gasteiger partial charge in [-0.15, -0.1) is 0 Å². The number of nitrogens with one attached hydrogen (secondary N) is 1. The van der Waals surface area contributed by atoms with Crippen LogP contribution in [0.4, 0.5) is 5.69 Å². The van der Waals surface area contributed by atoms with Gasteiger partial charge < -0.3 is 10.2 Å². The Hall–Kier alpha value is -2.40. The zero-order valence-electron chi connectivity index (χ0n) is 14.6. The molecule has 128 valence electrons. The lowest BCUT2D eigenvalue weighted by Crippen LogP contribution is -2.41. The number of hydrogen-bond donors (Lipinski definition) is 1. The monoisotopic (exact) mass is 327 g/mol. The first-order valence-electron chi connectivity index (χ1n) is 8.29. The minimum atomic E-state index is -0.124. The van der Waals surface area contributed by atoms with E-state index in [1.165, 1.54) is 0 Å². The first-order chi connectivity index (χ1) is 11.5. The summed E-state index contributed by atoms with van der Waals surface area (Å²) in [5, 5.41) is 5.03. The summed E-state index contributed by atoms with van der Waals surface area (Å²) in [7, 11) is 1.78. The highest BCUT2D eigenvalue weighted by Crippen LogP contribution is 2.22. The SMILES string of the molecule is CCN(CC)C(=O)CN(C)CC(=O)Nc1cccc2ccccc12. The molecule has 1 N–H and O–H groups in total. The van der Waals surface area contributed by atoms with Gasteiger partial charge in [0.05, 0.1) is 13.1 Å². The van der Waals surface area contributed by atoms with Crippen LogP contribution in [-0.2, 0) is 9.59 Å². The number of carbonyl (C=O) groups is 2. The minimum absolute atomic E-state index is 0.0421. The lowest BCUT2D eigenvalue weighted by atomic mass is 10.1. The van der Waals surface area contributed by atoms with E-state index in [1.54, 1.807) is 16.8 Å². The molecule has 0 aliphatic carbocycles. The maximum absolute atomic E-state index is 12.3. The topological polar surface area (TPSA) is 52.7 Å². The van der Waals surface area contributed by atoms with E-state index in [2.05, 4.69) is 5.32 Å². The third-order valence-electron chi connectivity index (χ3n) is 4.00. The van der Waals surface area contributed by atoms with Crippen LogP contribution in [0.1, 0.15) is 13.8 Å². The molecule has 0 bridgehead atoms. The second-order valence-corrected chi connectivity index (χ2v) is 5.81. The van der Waals surface area contributed by atoms with E-state index < -0.39 is 0 Å². The molecule has 5 nitrogen and oxygen atoms in total. The molecule has 24 heavy (non-hydrogen) atoms. The molecule has 0 aromatic heterocycles. The van der Waals surface area contributed by atoms with Crippen LogP contribution < -0.4 is 5.32 Å². The third kappa shape index (κ3) is 4.55. The van der Waals surface area contributed by atoms with E-state index in [0.717, 1.165) is 16.5 Å². The molecule has 0 heterocycles. The Balaban J connectivity index is 1.96. The van der Waals surface area contributed by atoms with E-state index >= 15 is 0 Å². The number of nitrogens with zero attached hydrogens (tertiary/aromatic N) is 2. The van der Waals surface area contributed by atoms with Gasteiger partial charge in [0, 0.05) is 24.2 Å². The molecule has 0 fully saturated rings. The Labute approximate surface area is 143 Å². The summed E-state index contributed by atoms with van der Waals surface area (Å²) in [6.45, 7) is 5.70. The Morgan fingerprint density at radius 1 is 0.958 bits per heavy atom. The average Bonchev–Trinajstić information content (AvgIpc) is 2.56. The third-order valence-corrected chi connectivity index (χ3v) is 4.00. The maximum atomic E-state index is 12.3. The van der Waals surface area contributed by atoms with Crippen molar-refractivity contribution in [2.75, 3.05) is 38.5 Å². The van der Waals surface area contributed by atoms with Crippen LogP contribution in [0.5, 0.6) is 0 Å². The number of likely N-dealkylation sites (N-methyl/N-ethyl adjacent to an activating group) is 2. The van der Waals surface area contributed by atoms with Gasteiger partial charge in [0.2, 0.25) is 11.8 Å². The zero-order valence-corrected chi connectivity index (χ0v) is 14.6. The molecule has 0 aliphatic heterocycles. The molecule has 2 amide bonds. The Kier molecular flexibility index (Phi) is 6.32. The number of anilines is 1. The van der Waals surface area contributed by atoms with Crippen molar-refractivity contribution >= 4 is 28.3 Å². The normalized spacial score (nSPS) is 10.8. The van der Waals surface area contributed by atoms with Crippen LogP contribution in [0.3, 0.4) is 0 Å². The number of amides is 2. The number of fused-ring (bicyclic) bond motifs is 1. The average molecular weight is 327 g/mol. The fourth-order valence-corrected chi connectivity index (χ4v) is 2.73. The number of carbonyl (C=O) groups excluding carboxylic acids is 2. The van der Waals surface area contributed by atoms with Crippen molar-refractivity contribution in [1.29, 1.82) is 0 Å². The fourth-order valence-electron chi connectivity index (χ4n) is 2.73. The fraction of sp³-hybridized carbons (Fsp3) is 0.368. The summed E-state index contributed by atoms with van der Waals surface area (Å²) in [6.07, 6.45) is 0.